The molecule has 3 nitrogen and oxygen atoms in total. The van der Waals surface area contributed by atoms with Crippen molar-refractivity contribution in [2.75, 3.05) is 7.11 Å². The molecule has 0 bridgehead atoms. The summed E-state index contributed by atoms with van der Waals surface area (Å²) in [4.78, 5) is 16.6. The van der Waals surface area contributed by atoms with E-state index in [1.165, 1.54) is 26.4 Å². The van der Waals surface area contributed by atoms with Crippen LogP contribution in [0.5, 0.6) is 0 Å². The number of hydrogen-bond acceptors (Lipinski definition) is 2. The number of hydroxylamine groups is 1. The average Bonchev–Trinajstić information content (AvgIpc) is 2.40. The molecule has 18 heavy (non-hydrogen) atoms. The van der Waals surface area contributed by atoms with Crippen molar-refractivity contribution in [3.63, 3.8) is 0 Å². The van der Waals surface area contributed by atoms with Crippen LogP contribution in [0.2, 0.25) is 5.02 Å². The molecule has 0 spiro atoms. The van der Waals surface area contributed by atoms with Gasteiger partial charge in [0.15, 0.2) is 0 Å². The van der Waals surface area contributed by atoms with Gasteiger partial charge in [0, 0.05) is 10.6 Å². The lowest BCUT2D eigenvalue weighted by atomic mass is 9.82. The summed E-state index contributed by atoms with van der Waals surface area (Å²) in [5.74, 6) is 0.241. The van der Waals surface area contributed by atoms with Gasteiger partial charge in [-0.05, 0) is 42.5 Å². The van der Waals surface area contributed by atoms with Crippen molar-refractivity contribution in [3.8, 4) is 0 Å². The highest BCUT2D eigenvalue weighted by molar-refractivity contribution is 6.30. The fourth-order valence-corrected chi connectivity index (χ4v) is 2.82. The molecule has 0 heterocycles. The van der Waals surface area contributed by atoms with Crippen LogP contribution in [-0.4, -0.2) is 13.0 Å². The third kappa shape index (κ3) is 3.03. The molecule has 1 aromatic rings. The van der Waals surface area contributed by atoms with E-state index in [0.29, 0.717) is 16.5 Å². The average molecular weight is 268 g/mol. The number of benzene rings is 1. The zero-order chi connectivity index (χ0) is 13.0. The summed E-state index contributed by atoms with van der Waals surface area (Å²) in [6.45, 7) is 0. The van der Waals surface area contributed by atoms with E-state index in [1.807, 2.05) is 6.07 Å². The van der Waals surface area contributed by atoms with Crippen LogP contribution in [0.4, 0.5) is 0 Å². The maximum absolute atomic E-state index is 11.9. The first kappa shape index (κ1) is 13.4. The highest BCUT2D eigenvalue weighted by Crippen LogP contribution is 2.35. The summed E-state index contributed by atoms with van der Waals surface area (Å²) >= 11 is 6.05. The van der Waals surface area contributed by atoms with Crippen LogP contribution in [0.1, 0.15) is 53.9 Å². The molecule has 1 aliphatic carbocycles. The number of nitrogens with one attached hydrogen (secondary N) is 1. The number of rotatable bonds is 3. The molecule has 1 N–H and O–H groups in total. The predicted octanol–water partition coefficient (Wildman–Crippen LogP) is 3.68. The first-order valence-electron chi connectivity index (χ1n) is 6.35. The molecule has 0 aliphatic heterocycles. The molecule has 98 valence electrons. The third-order valence-corrected chi connectivity index (χ3v) is 3.73. The van der Waals surface area contributed by atoms with E-state index in [9.17, 15) is 4.79 Å². The van der Waals surface area contributed by atoms with E-state index in [1.54, 1.807) is 12.1 Å². The minimum Gasteiger partial charge on any atom is -0.277 e. The summed E-state index contributed by atoms with van der Waals surface area (Å²) in [6, 6.07) is 5.45. The lowest BCUT2D eigenvalue weighted by molar-refractivity contribution is 0.0536. The summed E-state index contributed by atoms with van der Waals surface area (Å²) in [7, 11) is 1.44. The molecular weight excluding hydrogens is 250 g/mol. The molecule has 1 aromatic carbocycles. The Kier molecular flexibility index (Phi) is 4.61. The van der Waals surface area contributed by atoms with E-state index >= 15 is 0 Å². The maximum Gasteiger partial charge on any atom is 0.275 e. The van der Waals surface area contributed by atoms with E-state index < -0.39 is 0 Å². The number of amides is 1. The second-order valence-corrected chi connectivity index (χ2v) is 5.14. The van der Waals surface area contributed by atoms with Crippen molar-refractivity contribution in [3.05, 3.63) is 34.3 Å². The third-order valence-electron chi connectivity index (χ3n) is 3.50. The highest BCUT2D eigenvalue weighted by atomic mass is 35.5. The first-order chi connectivity index (χ1) is 8.72. The van der Waals surface area contributed by atoms with E-state index in [-0.39, 0.29) is 5.91 Å². The molecule has 2 rings (SSSR count). The molecule has 0 unspecified atom stereocenters. The molecule has 0 saturated heterocycles. The van der Waals surface area contributed by atoms with Crippen LogP contribution in [0, 0.1) is 0 Å². The van der Waals surface area contributed by atoms with Gasteiger partial charge in [0.25, 0.3) is 5.91 Å². The van der Waals surface area contributed by atoms with Crippen molar-refractivity contribution >= 4 is 17.5 Å². The fourth-order valence-electron chi connectivity index (χ4n) is 2.64. The van der Waals surface area contributed by atoms with Crippen molar-refractivity contribution < 1.29 is 9.63 Å². The predicted molar refractivity (Wildman–Crippen MR) is 71.8 cm³/mol. The second kappa shape index (κ2) is 6.21. The SMILES string of the molecule is CONC(=O)c1ccc(Cl)cc1C1CCCCC1. The Morgan fingerprint density at radius 3 is 2.72 bits per heavy atom. The van der Waals surface area contributed by atoms with Gasteiger partial charge in [0.2, 0.25) is 0 Å². The lowest BCUT2D eigenvalue weighted by Gasteiger charge is -2.24. The molecule has 4 heteroatoms. The standard InChI is InChI=1S/C14H18ClNO2/c1-18-16-14(17)12-8-7-11(15)9-13(12)10-5-3-2-4-6-10/h7-10H,2-6H2,1H3,(H,16,17). The summed E-state index contributed by atoms with van der Waals surface area (Å²) in [5, 5.41) is 0.685. The molecule has 0 atom stereocenters. The molecule has 1 saturated carbocycles. The molecule has 1 amide bonds. The summed E-state index contributed by atoms with van der Waals surface area (Å²) in [6.07, 6.45) is 6.00. The van der Waals surface area contributed by atoms with Gasteiger partial charge in [-0.2, -0.15) is 0 Å². The fraction of sp³-hybridized carbons (Fsp3) is 0.500. The molecule has 1 aliphatic rings. The van der Waals surface area contributed by atoms with Crippen molar-refractivity contribution in [2.24, 2.45) is 0 Å². The van der Waals surface area contributed by atoms with Gasteiger partial charge in [-0.25, -0.2) is 5.48 Å². The Morgan fingerprint density at radius 2 is 2.06 bits per heavy atom. The van der Waals surface area contributed by atoms with Gasteiger partial charge in [-0.3, -0.25) is 9.63 Å². The number of hydrogen-bond donors (Lipinski definition) is 1. The minimum atomic E-state index is -0.199. The topological polar surface area (TPSA) is 38.3 Å². The molecule has 0 aromatic heterocycles. The number of carbonyl (C=O) groups excluding carboxylic acids is 1. The normalized spacial score (nSPS) is 16.6. The Hall–Kier alpha value is -1.06. The Bertz CT molecular complexity index is 428. The van der Waals surface area contributed by atoms with Gasteiger partial charge >= 0.3 is 0 Å². The van der Waals surface area contributed by atoms with Gasteiger partial charge in [0.1, 0.15) is 0 Å². The summed E-state index contributed by atoms with van der Waals surface area (Å²) < 4.78 is 0. The van der Waals surface area contributed by atoms with Gasteiger partial charge in [-0.15, -0.1) is 0 Å². The zero-order valence-corrected chi connectivity index (χ0v) is 11.3. The Labute approximate surface area is 112 Å². The Morgan fingerprint density at radius 1 is 1.33 bits per heavy atom. The molecule has 0 radical (unpaired) electrons. The minimum absolute atomic E-state index is 0.199. The quantitative estimate of drug-likeness (QED) is 0.849. The monoisotopic (exact) mass is 267 g/mol. The molecular formula is C14H18ClNO2. The van der Waals surface area contributed by atoms with Crippen molar-refractivity contribution in [2.45, 2.75) is 38.0 Å². The van der Waals surface area contributed by atoms with Crippen LogP contribution >= 0.6 is 11.6 Å². The lowest BCUT2D eigenvalue weighted by Crippen LogP contribution is -2.24. The summed E-state index contributed by atoms with van der Waals surface area (Å²) in [5.41, 5.74) is 4.11. The van der Waals surface area contributed by atoms with Crippen LogP contribution < -0.4 is 5.48 Å². The maximum atomic E-state index is 11.9. The first-order valence-corrected chi connectivity index (χ1v) is 6.73. The van der Waals surface area contributed by atoms with Crippen LogP contribution in [0.15, 0.2) is 18.2 Å². The zero-order valence-electron chi connectivity index (χ0n) is 10.5. The van der Waals surface area contributed by atoms with E-state index in [2.05, 4.69) is 5.48 Å². The van der Waals surface area contributed by atoms with Crippen molar-refractivity contribution in [1.29, 1.82) is 0 Å². The van der Waals surface area contributed by atoms with Crippen LogP contribution in [0.25, 0.3) is 0 Å². The smallest absolute Gasteiger partial charge is 0.275 e. The van der Waals surface area contributed by atoms with Gasteiger partial charge < -0.3 is 0 Å². The van der Waals surface area contributed by atoms with E-state index in [0.717, 1.165) is 18.4 Å². The van der Waals surface area contributed by atoms with Crippen LogP contribution in [0.3, 0.4) is 0 Å². The Balaban J connectivity index is 2.30. The van der Waals surface area contributed by atoms with E-state index in [4.69, 9.17) is 16.4 Å². The molecule has 1 fully saturated rings. The van der Waals surface area contributed by atoms with Crippen molar-refractivity contribution in [1.82, 2.24) is 5.48 Å². The number of halogens is 1. The largest absolute Gasteiger partial charge is 0.277 e. The number of carbonyl (C=O) groups is 1. The van der Waals surface area contributed by atoms with Gasteiger partial charge in [-0.1, -0.05) is 30.9 Å². The second-order valence-electron chi connectivity index (χ2n) is 4.70. The van der Waals surface area contributed by atoms with Crippen LogP contribution in [-0.2, 0) is 4.84 Å². The van der Waals surface area contributed by atoms with Gasteiger partial charge in [0.05, 0.1) is 7.11 Å². The highest BCUT2D eigenvalue weighted by Gasteiger charge is 2.21.